The lowest BCUT2D eigenvalue weighted by atomic mass is 9.97. The molecule has 0 aliphatic heterocycles. The molecule has 0 saturated heterocycles. The van der Waals surface area contributed by atoms with Gasteiger partial charge in [-0.25, -0.2) is 4.98 Å². The molecule has 0 radical (unpaired) electrons. The molecule has 2 rings (SSSR count). The van der Waals surface area contributed by atoms with Gasteiger partial charge in [0.2, 0.25) is 0 Å². The first-order valence-electron chi connectivity index (χ1n) is 6.75. The maximum absolute atomic E-state index is 11.2. The molecule has 0 aliphatic carbocycles. The average molecular weight is 273 g/mol. The maximum Gasteiger partial charge on any atom is 0.311 e. The van der Waals surface area contributed by atoms with Crippen molar-refractivity contribution in [2.24, 2.45) is 0 Å². The molecule has 1 heterocycles. The third-order valence-corrected chi connectivity index (χ3v) is 3.29. The molecule has 0 saturated carbocycles. The standard InChI is InChI=1S/C15H19N3O2/c1-4-9-15(2,3)17-14-11-7-5-6-8-12(11)16-10-13(14)18(19)20/h5-8,10H,4,9H2,1-3H3,(H,16,17). The maximum atomic E-state index is 11.2. The molecule has 106 valence electrons. The van der Waals surface area contributed by atoms with Gasteiger partial charge in [0.25, 0.3) is 0 Å². The van der Waals surface area contributed by atoms with Crippen LogP contribution in [0.15, 0.2) is 30.5 Å². The summed E-state index contributed by atoms with van der Waals surface area (Å²) in [5.74, 6) is 0. The second-order valence-corrected chi connectivity index (χ2v) is 5.55. The van der Waals surface area contributed by atoms with E-state index in [1.54, 1.807) is 0 Å². The molecule has 2 aromatic rings. The summed E-state index contributed by atoms with van der Waals surface area (Å²) in [6.45, 7) is 6.20. The Hall–Kier alpha value is -2.17. The van der Waals surface area contributed by atoms with Gasteiger partial charge in [-0.05, 0) is 26.3 Å². The zero-order valence-electron chi connectivity index (χ0n) is 12.0. The lowest BCUT2D eigenvalue weighted by Crippen LogP contribution is -2.31. The number of nitrogens with one attached hydrogen (secondary N) is 1. The van der Waals surface area contributed by atoms with Crippen LogP contribution in [0.4, 0.5) is 11.4 Å². The quantitative estimate of drug-likeness (QED) is 0.656. The topological polar surface area (TPSA) is 68.1 Å². The van der Waals surface area contributed by atoms with Gasteiger partial charge >= 0.3 is 5.69 Å². The molecule has 0 bridgehead atoms. The zero-order chi connectivity index (χ0) is 14.8. The molecular weight excluding hydrogens is 254 g/mol. The van der Waals surface area contributed by atoms with Gasteiger partial charge < -0.3 is 5.32 Å². The summed E-state index contributed by atoms with van der Waals surface area (Å²) in [5, 5.41) is 15.3. The van der Waals surface area contributed by atoms with Crippen molar-refractivity contribution < 1.29 is 4.92 Å². The normalized spacial score (nSPS) is 11.6. The lowest BCUT2D eigenvalue weighted by molar-refractivity contribution is -0.384. The predicted octanol–water partition coefficient (Wildman–Crippen LogP) is 4.13. The van der Waals surface area contributed by atoms with E-state index in [-0.39, 0.29) is 16.1 Å². The fourth-order valence-electron chi connectivity index (χ4n) is 2.43. The van der Waals surface area contributed by atoms with Gasteiger partial charge in [0.1, 0.15) is 11.9 Å². The molecule has 0 spiro atoms. The Morgan fingerprint density at radius 3 is 2.70 bits per heavy atom. The Balaban J connectivity index is 2.58. The zero-order valence-corrected chi connectivity index (χ0v) is 12.0. The van der Waals surface area contributed by atoms with Crippen molar-refractivity contribution in [2.75, 3.05) is 5.32 Å². The van der Waals surface area contributed by atoms with E-state index in [2.05, 4.69) is 31.1 Å². The van der Waals surface area contributed by atoms with Crippen LogP contribution in [0.3, 0.4) is 0 Å². The van der Waals surface area contributed by atoms with Crippen LogP contribution < -0.4 is 5.32 Å². The van der Waals surface area contributed by atoms with Crippen molar-refractivity contribution in [1.29, 1.82) is 0 Å². The highest BCUT2D eigenvalue weighted by Crippen LogP contribution is 2.34. The van der Waals surface area contributed by atoms with Crippen LogP contribution in [0.5, 0.6) is 0 Å². The van der Waals surface area contributed by atoms with E-state index in [4.69, 9.17) is 0 Å². The van der Waals surface area contributed by atoms with Gasteiger partial charge in [0, 0.05) is 10.9 Å². The Morgan fingerprint density at radius 2 is 2.05 bits per heavy atom. The summed E-state index contributed by atoms with van der Waals surface area (Å²) < 4.78 is 0. The second-order valence-electron chi connectivity index (χ2n) is 5.55. The average Bonchev–Trinajstić information content (AvgIpc) is 2.38. The van der Waals surface area contributed by atoms with Crippen LogP contribution >= 0.6 is 0 Å². The van der Waals surface area contributed by atoms with Crippen molar-refractivity contribution in [3.8, 4) is 0 Å². The van der Waals surface area contributed by atoms with E-state index in [1.807, 2.05) is 24.3 Å². The van der Waals surface area contributed by atoms with Crippen LogP contribution in [0.2, 0.25) is 0 Å². The molecule has 5 heteroatoms. The first kappa shape index (κ1) is 14.2. The molecule has 1 aromatic carbocycles. The van der Waals surface area contributed by atoms with Gasteiger partial charge in [0.05, 0.1) is 10.4 Å². The minimum absolute atomic E-state index is 0.0212. The Bertz CT molecular complexity index is 638. The van der Waals surface area contributed by atoms with Gasteiger partial charge in [-0.3, -0.25) is 10.1 Å². The molecule has 0 aliphatic rings. The van der Waals surface area contributed by atoms with Crippen molar-refractivity contribution in [3.05, 3.63) is 40.6 Å². The fraction of sp³-hybridized carbons (Fsp3) is 0.400. The number of fused-ring (bicyclic) bond motifs is 1. The van der Waals surface area contributed by atoms with Gasteiger partial charge in [0.15, 0.2) is 0 Å². The number of hydrogen-bond acceptors (Lipinski definition) is 4. The third-order valence-electron chi connectivity index (χ3n) is 3.29. The highest BCUT2D eigenvalue weighted by atomic mass is 16.6. The minimum Gasteiger partial charge on any atom is -0.374 e. The highest BCUT2D eigenvalue weighted by molar-refractivity contribution is 5.95. The molecule has 0 atom stereocenters. The SMILES string of the molecule is CCCC(C)(C)Nc1c([N+](=O)[O-])cnc2ccccc12. The lowest BCUT2D eigenvalue weighted by Gasteiger charge is -2.27. The summed E-state index contributed by atoms with van der Waals surface area (Å²) in [6.07, 6.45) is 3.27. The van der Waals surface area contributed by atoms with E-state index in [0.29, 0.717) is 5.69 Å². The van der Waals surface area contributed by atoms with Crippen LogP contribution in [0.25, 0.3) is 10.9 Å². The summed E-state index contributed by atoms with van der Waals surface area (Å²) in [4.78, 5) is 15.0. The number of anilines is 1. The summed E-state index contributed by atoms with van der Waals surface area (Å²) >= 11 is 0. The number of nitrogens with zero attached hydrogens (tertiary/aromatic N) is 2. The summed E-state index contributed by atoms with van der Waals surface area (Å²) in [7, 11) is 0. The number of nitro groups is 1. The van der Waals surface area contributed by atoms with Crippen LogP contribution in [-0.4, -0.2) is 15.4 Å². The van der Waals surface area contributed by atoms with E-state index < -0.39 is 0 Å². The van der Waals surface area contributed by atoms with Crippen LogP contribution in [0.1, 0.15) is 33.6 Å². The Labute approximate surface area is 118 Å². The monoisotopic (exact) mass is 273 g/mol. The smallest absolute Gasteiger partial charge is 0.311 e. The summed E-state index contributed by atoms with van der Waals surface area (Å²) in [6, 6.07) is 7.46. The van der Waals surface area contributed by atoms with Crippen molar-refractivity contribution in [1.82, 2.24) is 4.98 Å². The Kier molecular flexibility index (Phi) is 3.88. The van der Waals surface area contributed by atoms with E-state index in [1.165, 1.54) is 6.20 Å². The van der Waals surface area contributed by atoms with E-state index >= 15 is 0 Å². The molecular formula is C15H19N3O2. The summed E-state index contributed by atoms with van der Waals surface area (Å²) in [5.41, 5.74) is 1.13. The van der Waals surface area contributed by atoms with E-state index in [9.17, 15) is 10.1 Å². The van der Waals surface area contributed by atoms with Crippen molar-refractivity contribution >= 4 is 22.3 Å². The van der Waals surface area contributed by atoms with Crippen molar-refractivity contribution in [3.63, 3.8) is 0 Å². The first-order chi connectivity index (χ1) is 9.44. The molecule has 0 unspecified atom stereocenters. The molecule has 0 fully saturated rings. The van der Waals surface area contributed by atoms with Crippen LogP contribution in [-0.2, 0) is 0 Å². The fourth-order valence-corrected chi connectivity index (χ4v) is 2.43. The molecule has 1 aromatic heterocycles. The number of hydrogen-bond donors (Lipinski definition) is 1. The third kappa shape index (κ3) is 2.87. The van der Waals surface area contributed by atoms with Crippen molar-refractivity contribution in [2.45, 2.75) is 39.2 Å². The molecule has 0 amide bonds. The highest BCUT2D eigenvalue weighted by Gasteiger charge is 2.24. The van der Waals surface area contributed by atoms with Gasteiger partial charge in [-0.15, -0.1) is 0 Å². The number of pyridine rings is 1. The predicted molar refractivity (Wildman–Crippen MR) is 81.0 cm³/mol. The van der Waals surface area contributed by atoms with Gasteiger partial charge in [-0.2, -0.15) is 0 Å². The Morgan fingerprint density at radius 1 is 1.35 bits per heavy atom. The molecule has 5 nitrogen and oxygen atoms in total. The van der Waals surface area contributed by atoms with Gasteiger partial charge in [-0.1, -0.05) is 31.5 Å². The number of rotatable bonds is 5. The number of aromatic nitrogens is 1. The van der Waals surface area contributed by atoms with Crippen LogP contribution in [0, 0.1) is 10.1 Å². The minimum atomic E-state index is -0.385. The number of benzene rings is 1. The number of para-hydroxylation sites is 1. The molecule has 20 heavy (non-hydrogen) atoms. The molecule has 1 N–H and O–H groups in total. The first-order valence-corrected chi connectivity index (χ1v) is 6.75. The largest absolute Gasteiger partial charge is 0.374 e. The van der Waals surface area contributed by atoms with E-state index in [0.717, 1.165) is 23.7 Å². The second kappa shape index (κ2) is 5.45.